The van der Waals surface area contributed by atoms with Gasteiger partial charge < -0.3 is 4.57 Å². The van der Waals surface area contributed by atoms with Crippen molar-refractivity contribution in [2.75, 3.05) is 4.90 Å². The van der Waals surface area contributed by atoms with Crippen LogP contribution >= 0.6 is 0 Å². The number of hydrogen-bond donors (Lipinski definition) is 1. The van der Waals surface area contributed by atoms with Crippen LogP contribution < -0.4 is 10.2 Å². The number of benzene rings is 4. The molecule has 0 unspecified atom stereocenters. The lowest BCUT2D eigenvalue weighted by atomic mass is 10.0. The number of hydrogen-bond acceptors (Lipinski definition) is 5. The van der Waals surface area contributed by atoms with Crippen molar-refractivity contribution in [3.05, 3.63) is 142 Å². The molecule has 5 aromatic rings. The normalized spacial score (nSPS) is 14.2. The first-order valence-corrected chi connectivity index (χ1v) is 13.1. The zero-order valence-corrected chi connectivity index (χ0v) is 22.3. The van der Waals surface area contributed by atoms with Gasteiger partial charge in [0.2, 0.25) is 0 Å². The summed E-state index contributed by atoms with van der Waals surface area (Å²) >= 11 is 0. The lowest BCUT2D eigenvalue weighted by molar-refractivity contribution is -0.384. The highest BCUT2D eigenvalue weighted by Crippen LogP contribution is 2.38. The van der Waals surface area contributed by atoms with Gasteiger partial charge in [-0.3, -0.25) is 25.0 Å². The number of barbiturate groups is 1. The fourth-order valence-electron chi connectivity index (χ4n) is 4.98. The molecule has 43 heavy (non-hydrogen) atoms. The Bertz CT molecular complexity index is 1920. The zero-order valence-electron chi connectivity index (χ0n) is 22.3. The molecule has 2 heterocycles. The van der Waals surface area contributed by atoms with E-state index in [9.17, 15) is 28.9 Å². The molecular weight excluding hydrogens is 551 g/mol. The highest BCUT2D eigenvalue weighted by molar-refractivity contribution is 6.39. The van der Waals surface area contributed by atoms with Crippen LogP contribution in [0.15, 0.2) is 121 Å². The molecule has 4 aromatic carbocycles. The van der Waals surface area contributed by atoms with Gasteiger partial charge in [-0.1, -0.05) is 60.7 Å². The Balaban J connectivity index is 1.59. The van der Waals surface area contributed by atoms with E-state index < -0.39 is 28.6 Å². The van der Waals surface area contributed by atoms with E-state index in [1.807, 2.05) is 71.3 Å². The molecule has 9 nitrogen and oxygen atoms in total. The molecule has 1 aromatic heterocycles. The van der Waals surface area contributed by atoms with Crippen molar-refractivity contribution in [1.82, 2.24) is 9.88 Å². The SMILES string of the molecule is O=C1NC(=O)N(c2ccc(F)cc2)C(=O)/C1=C\c1cc(-c2ccccc2)n(-c2ccc([N+](=O)[O-])cc2)c1-c1ccccc1. The molecule has 0 aliphatic carbocycles. The molecule has 1 aliphatic heterocycles. The number of nitrogens with one attached hydrogen (secondary N) is 1. The van der Waals surface area contributed by atoms with E-state index in [1.165, 1.54) is 30.3 Å². The lowest BCUT2D eigenvalue weighted by Crippen LogP contribution is -2.54. The van der Waals surface area contributed by atoms with E-state index in [1.54, 1.807) is 12.1 Å². The minimum Gasteiger partial charge on any atom is -0.309 e. The van der Waals surface area contributed by atoms with Crippen molar-refractivity contribution in [1.29, 1.82) is 0 Å². The van der Waals surface area contributed by atoms with Crippen LogP contribution in [0.1, 0.15) is 5.56 Å². The summed E-state index contributed by atoms with van der Waals surface area (Å²) in [6.45, 7) is 0. The lowest BCUT2D eigenvalue weighted by Gasteiger charge is -2.26. The molecule has 1 fully saturated rings. The van der Waals surface area contributed by atoms with Gasteiger partial charge in [-0.25, -0.2) is 14.1 Å². The van der Waals surface area contributed by atoms with Crippen LogP contribution in [0.25, 0.3) is 34.3 Å². The summed E-state index contributed by atoms with van der Waals surface area (Å²) < 4.78 is 15.5. The van der Waals surface area contributed by atoms with Crippen molar-refractivity contribution in [3.63, 3.8) is 0 Å². The summed E-state index contributed by atoms with van der Waals surface area (Å²) in [5, 5.41) is 13.6. The number of nitro benzene ring substituents is 1. The van der Waals surface area contributed by atoms with Crippen molar-refractivity contribution < 1.29 is 23.7 Å². The fraction of sp³-hybridized carbons (Fsp3) is 0. The Hall–Kier alpha value is -6.16. The number of halogens is 1. The maximum absolute atomic E-state index is 13.6. The number of carbonyl (C=O) groups excluding carboxylic acids is 3. The largest absolute Gasteiger partial charge is 0.335 e. The van der Waals surface area contributed by atoms with Gasteiger partial charge in [0.15, 0.2) is 0 Å². The molecule has 0 radical (unpaired) electrons. The summed E-state index contributed by atoms with van der Waals surface area (Å²) in [7, 11) is 0. The van der Waals surface area contributed by atoms with Gasteiger partial charge in [-0.15, -0.1) is 0 Å². The van der Waals surface area contributed by atoms with Gasteiger partial charge in [0, 0.05) is 23.4 Å². The van der Waals surface area contributed by atoms with Crippen molar-refractivity contribution in [2.45, 2.75) is 0 Å². The van der Waals surface area contributed by atoms with Crippen molar-refractivity contribution in [3.8, 4) is 28.2 Å². The fourth-order valence-corrected chi connectivity index (χ4v) is 4.98. The summed E-state index contributed by atoms with van der Waals surface area (Å²) in [5.74, 6) is -2.30. The quantitative estimate of drug-likeness (QED) is 0.108. The molecule has 1 N–H and O–H groups in total. The Morgan fingerprint density at radius 1 is 0.744 bits per heavy atom. The molecule has 0 spiro atoms. The summed E-state index contributed by atoms with van der Waals surface area (Å²) in [5.41, 5.74) is 3.65. The molecule has 6 rings (SSSR count). The Kier molecular flexibility index (Phi) is 6.93. The first-order chi connectivity index (χ1) is 20.8. The molecule has 0 atom stereocenters. The van der Waals surface area contributed by atoms with Crippen LogP contribution in [-0.2, 0) is 9.59 Å². The van der Waals surface area contributed by atoms with Gasteiger partial charge in [0.1, 0.15) is 11.4 Å². The number of rotatable bonds is 6. The third-order valence-corrected chi connectivity index (χ3v) is 6.95. The van der Waals surface area contributed by atoms with Crippen LogP contribution in [0, 0.1) is 15.9 Å². The number of imide groups is 2. The second kappa shape index (κ2) is 11.0. The Morgan fingerprint density at radius 2 is 1.33 bits per heavy atom. The standard InChI is InChI=1S/C33H21FN4O5/c34-24-11-13-26(14-12-24)37-32(40)28(31(39)35-33(37)41)19-23-20-29(21-7-3-1-4-8-21)36(30(23)22-9-5-2-6-10-22)25-15-17-27(18-16-25)38(42)43/h1-20H,(H,35,39,41)/b28-19-. The van der Waals surface area contributed by atoms with E-state index in [-0.39, 0.29) is 16.9 Å². The number of anilines is 1. The van der Waals surface area contributed by atoms with Crippen molar-refractivity contribution >= 4 is 35.3 Å². The molecule has 0 bridgehead atoms. The van der Waals surface area contributed by atoms with Crippen molar-refractivity contribution in [2.24, 2.45) is 0 Å². The third-order valence-electron chi connectivity index (χ3n) is 6.95. The number of aromatic nitrogens is 1. The number of amides is 4. The van der Waals surface area contributed by atoms with Gasteiger partial charge >= 0.3 is 6.03 Å². The minimum absolute atomic E-state index is 0.0733. The average molecular weight is 573 g/mol. The van der Waals surface area contributed by atoms with Crippen LogP contribution in [0.3, 0.4) is 0 Å². The summed E-state index contributed by atoms with van der Waals surface area (Å²) in [4.78, 5) is 51.0. The number of non-ortho nitro benzene ring substituents is 1. The van der Waals surface area contributed by atoms with Gasteiger partial charge in [-0.05, 0) is 59.7 Å². The molecule has 210 valence electrons. The second-order valence-corrected chi connectivity index (χ2v) is 9.61. The summed E-state index contributed by atoms with van der Waals surface area (Å²) in [6.07, 6.45) is 1.41. The molecular formula is C33H21FN4O5. The van der Waals surface area contributed by atoms with Gasteiger partial charge in [0.25, 0.3) is 17.5 Å². The monoisotopic (exact) mass is 572 g/mol. The maximum atomic E-state index is 13.6. The Labute approximate surface area is 244 Å². The van der Waals surface area contributed by atoms with E-state index in [2.05, 4.69) is 5.32 Å². The number of urea groups is 1. The minimum atomic E-state index is -0.949. The van der Waals surface area contributed by atoms with Gasteiger partial charge in [0.05, 0.1) is 22.0 Å². The predicted molar refractivity (Wildman–Crippen MR) is 159 cm³/mol. The van der Waals surface area contributed by atoms with E-state index >= 15 is 0 Å². The van der Waals surface area contributed by atoms with E-state index in [4.69, 9.17) is 0 Å². The molecule has 1 aliphatic rings. The van der Waals surface area contributed by atoms with Gasteiger partial charge in [-0.2, -0.15) is 0 Å². The highest BCUT2D eigenvalue weighted by Gasteiger charge is 2.37. The number of nitrogens with zero attached hydrogens (tertiary/aromatic N) is 3. The predicted octanol–water partition coefficient (Wildman–Crippen LogP) is 6.53. The van der Waals surface area contributed by atoms with Crippen LogP contribution in [-0.4, -0.2) is 27.3 Å². The second-order valence-electron chi connectivity index (χ2n) is 9.61. The first kappa shape index (κ1) is 27.0. The highest BCUT2D eigenvalue weighted by atomic mass is 19.1. The molecule has 4 amide bonds. The maximum Gasteiger partial charge on any atom is 0.335 e. The summed E-state index contributed by atoms with van der Waals surface area (Å²) in [6, 6.07) is 30.4. The number of carbonyl (C=O) groups is 3. The average Bonchev–Trinajstić information content (AvgIpc) is 3.40. The van der Waals surface area contributed by atoms with E-state index in [0.29, 0.717) is 22.6 Å². The zero-order chi connectivity index (χ0) is 30.1. The van der Waals surface area contributed by atoms with Crippen LogP contribution in [0.2, 0.25) is 0 Å². The number of nitro groups is 1. The first-order valence-electron chi connectivity index (χ1n) is 13.1. The Morgan fingerprint density at radius 3 is 1.93 bits per heavy atom. The molecule has 0 saturated carbocycles. The smallest absolute Gasteiger partial charge is 0.309 e. The topological polar surface area (TPSA) is 115 Å². The van der Waals surface area contributed by atoms with Crippen LogP contribution in [0.5, 0.6) is 0 Å². The third kappa shape index (κ3) is 5.08. The molecule has 10 heteroatoms. The van der Waals surface area contributed by atoms with E-state index in [0.717, 1.165) is 28.2 Å². The molecule has 1 saturated heterocycles. The van der Waals surface area contributed by atoms with Crippen LogP contribution in [0.4, 0.5) is 20.6 Å².